The summed E-state index contributed by atoms with van der Waals surface area (Å²) in [5.41, 5.74) is 2.58. The van der Waals surface area contributed by atoms with Gasteiger partial charge in [-0.05, 0) is 39.8 Å². The van der Waals surface area contributed by atoms with Gasteiger partial charge in [0.15, 0.2) is 0 Å². The number of ether oxygens (including phenoxy) is 1. The molecule has 2 aromatic heterocycles. The smallest absolute Gasteiger partial charge is 0.256 e. The van der Waals surface area contributed by atoms with Gasteiger partial charge in [0.25, 0.3) is 5.91 Å². The van der Waals surface area contributed by atoms with Crippen LogP contribution in [0.2, 0.25) is 0 Å². The van der Waals surface area contributed by atoms with E-state index in [1.807, 2.05) is 38.7 Å². The minimum Gasteiger partial charge on any atom is -0.372 e. The van der Waals surface area contributed by atoms with Gasteiger partial charge in [-0.15, -0.1) is 11.8 Å². The normalized spacial score (nSPS) is 20.7. The van der Waals surface area contributed by atoms with E-state index in [0.717, 1.165) is 22.0 Å². The summed E-state index contributed by atoms with van der Waals surface area (Å²) in [5, 5.41) is 4.71. The third-order valence-electron chi connectivity index (χ3n) is 4.24. The van der Waals surface area contributed by atoms with Crippen molar-refractivity contribution in [2.45, 2.75) is 50.7 Å². The van der Waals surface area contributed by atoms with Crippen LogP contribution >= 0.6 is 11.8 Å². The average molecular weight is 361 g/mol. The summed E-state index contributed by atoms with van der Waals surface area (Å²) in [6.45, 7) is 9.01. The maximum atomic E-state index is 13.0. The molecule has 1 aliphatic heterocycles. The number of carbonyl (C=O) groups is 1. The van der Waals surface area contributed by atoms with E-state index in [4.69, 9.17) is 9.26 Å². The topological polar surface area (TPSA) is 68.5 Å². The quantitative estimate of drug-likeness (QED) is 0.779. The fourth-order valence-electron chi connectivity index (χ4n) is 3.03. The Kier molecular flexibility index (Phi) is 5.44. The molecule has 0 spiro atoms. The second-order valence-electron chi connectivity index (χ2n) is 6.41. The molecule has 2 atom stereocenters. The summed E-state index contributed by atoms with van der Waals surface area (Å²) < 4.78 is 10.9. The van der Waals surface area contributed by atoms with Crippen LogP contribution in [0.15, 0.2) is 27.9 Å². The van der Waals surface area contributed by atoms with Gasteiger partial charge < -0.3 is 14.2 Å². The van der Waals surface area contributed by atoms with Gasteiger partial charge in [-0.3, -0.25) is 4.79 Å². The largest absolute Gasteiger partial charge is 0.372 e. The van der Waals surface area contributed by atoms with Gasteiger partial charge in [0.05, 0.1) is 23.5 Å². The zero-order valence-electron chi connectivity index (χ0n) is 15.0. The van der Waals surface area contributed by atoms with Crippen LogP contribution in [-0.2, 0) is 10.5 Å². The molecule has 2 aromatic rings. The van der Waals surface area contributed by atoms with Crippen molar-refractivity contribution in [1.29, 1.82) is 0 Å². The number of hydrogen-bond donors (Lipinski definition) is 0. The molecular weight excluding hydrogens is 338 g/mol. The van der Waals surface area contributed by atoms with Crippen LogP contribution < -0.4 is 0 Å². The van der Waals surface area contributed by atoms with Crippen molar-refractivity contribution < 1.29 is 14.1 Å². The average Bonchev–Trinajstić information content (AvgIpc) is 2.90. The fraction of sp³-hybridized carbons (Fsp3) is 0.500. The Bertz CT molecular complexity index is 732. The molecule has 0 saturated carbocycles. The van der Waals surface area contributed by atoms with Crippen LogP contribution in [0, 0.1) is 13.8 Å². The molecule has 0 aromatic carbocycles. The molecule has 0 aliphatic carbocycles. The van der Waals surface area contributed by atoms with Crippen molar-refractivity contribution in [3.63, 3.8) is 0 Å². The highest BCUT2D eigenvalue weighted by Gasteiger charge is 2.28. The molecule has 134 valence electrons. The second kappa shape index (κ2) is 7.58. The lowest BCUT2D eigenvalue weighted by Gasteiger charge is -2.35. The monoisotopic (exact) mass is 361 g/mol. The molecule has 1 fully saturated rings. The van der Waals surface area contributed by atoms with Crippen molar-refractivity contribution in [1.82, 2.24) is 15.0 Å². The Labute approximate surface area is 151 Å². The molecule has 1 saturated heterocycles. The molecule has 0 bridgehead atoms. The number of hydrogen-bond acceptors (Lipinski definition) is 6. The predicted molar refractivity (Wildman–Crippen MR) is 95.7 cm³/mol. The lowest BCUT2D eigenvalue weighted by molar-refractivity contribution is -0.0587. The van der Waals surface area contributed by atoms with E-state index < -0.39 is 0 Å². The number of nitrogens with zero attached hydrogens (tertiary/aromatic N) is 3. The van der Waals surface area contributed by atoms with Gasteiger partial charge in [-0.2, -0.15) is 0 Å². The van der Waals surface area contributed by atoms with Crippen molar-refractivity contribution >= 4 is 17.7 Å². The Balaban J connectivity index is 1.77. The highest BCUT2D eigenvalue weighted by molar-refractivity contribution is 7.98. The summed E-state index contributed by atoms with van der Waals surface area (Å²) in [6.07, 6.45) is 1.81. The third kappa shape index (κ3) is 4.04. The highest BCUT2D eigenvalue weighted by atomic mass is 32.2. The molecule has 7 heteroatoms. The molecule has 6 nitrogen and oxygen atoms in total. The van der Waals surface area contributed by atoms with Gasteiger partial charge in [-0.25, -0.2) is 4.98 Å². The van der Waals surface area contributed by atoms with Gasteiger partial charge >= 0.3 is 0 Å². The van der Waals surface area contributed by atoms with Crippen LogP contribution in [0.25, 0.3) is 0 Å². The SMILES string of the molecule is Cc1noc(C)c1CSc1ncccc1C(=O)N1C[C@@H](C)O[C@H](C)C1. The summed E-state index contributed by atoms with van der Waals surface area (Å²) in [7, 11) is 0. The van der Waals surface area contributed by atoms with Crippen molar-refractivity contribution in [2.75, 3.05) is 13.1 Å². The first-order chi connectivity index (χ1) is 12.0. The summed E-state index contributed by atoms with van der Waals surface area (Å²) >= 11 is 1.54. The summed E-state index contributed by atoms with van der Waals surface area (Å²) in [4.78, 5) is 19.3. The molecule has 0 N–H and O–H groups in total. The van der Waals surface area contributed by atoms with E-state index in [9.17, 15) is 4.79 Å². The number of rotatable bonds is 4. The van der Waals surface area contributed by atoms with E-state index >= 15 is 0 Å². The van der Waals surface area contributed by atoms with Crippen molar-refractivity contribution in [3.8, 4) is 0 Å². The van der Waals surface area contributed by atoms with Crippen LogP contribution in [0.3, 0.4) is 0 Å². The van der Waals surface area contributed by atoms with E-state index in [0.29, 0.717) is 24.4 Å². The number of aryl methyl sites for hydroxylation is 2. The van der Waals surface area contributed by atoms with Crippen LogP contribution in [0.5, 0.6) is 0 Å². The first kappa shape index (κ1) is 17.9. The van der Waals surface area contributed by atoms with Crippen molar-refractivity contribution in [3.05, 3.63) is 40.9 Å². The number of amides is 1. The van der Waals surface area contributed by atoms with Crippen LogP contribution in [-0.4, -0.2) is 46.2 Å². The highest BCUT2D eigenvalue weighted by Crippen LogP contribution is 2.28. The maximum Gasteiger partial charge on any atom is 0.256 e. The maximum absolute atomic E-state index is 13.0. The van der Waals surface area contributed by atoms with Gasteiger partial charge in [0.2, 0.25) is 0 Å². The lowest BCUT2D eigenvalue weighted by atomic mass is 10.2. The molecule has 25 heavy (non-hydrogen) atoms. The number of morpholine rings is 1. The summed E-state index contributed by atoms with van der Waals surface area (Å²) in [6, 6.07) is 3.65. The molecule has 1 aliphatic rings. The zero-order chi connectivity index (χ0) is 18.0. The minimum atomic E-state index is 0.0105. The molecule has 0 radical (unpaired) electrons. The predicted octanol–water partition coefficient (Wildman–Crippen LogP) is 3.23. The van der Waals surface area contributed by atoms with Gasteiger partial charge in [0, 0.05) is 30.6 Å². The van der Waals surface area contributed by atoms with E-state index in [2.05, 4.69) is 10.1 Å². The Hall–Kier alpha value is -1.86. The van der Waals surface area contributed by atoms with Gasteiger partial charge in [0.1, 0.15) is 10.8 Å². The summed E-state index contributed by atoms with van der Waals surface area (Å²) in [5.74, 6) is 1.50. The molecule has 3 heterocycles. The standard InChI is InChI=1S/C18H23N3O3S/c1-11-8-21(9-12(2)23-11)18(22)15-6-5-7-19-17(15)25-10-16-13(3)20-24-14(16)4/h5-7,11-12H,8-10H2,1-4H3/t11-,12-/m1/s1. The first-order valence-corrected chi connectivity index (χ1v) is 9.38. The van der Waals surface area contributed by atoms with E-state index in [-0.39, 0.29) is 18.1 Å². The van der Waals surface area contributed by atoms with Crippen molar-refractivity contribution in [2.24, 2.45) is 0 Å². The number of thioether (sulfide) groups is 1. The van der Waals surface area contributed by atoms with E-state index in [1.54, 1.807) is 12.3 Å². The Morgan fingerprint density at radius 3 is 2.68 bits per heavy atom. The Morgan fingerprint density at radius 2 is 2.04 bits per heavy atom. The molecule has 0 unspecified atom stereocenters. The minimum absolute atomic E-state index is 0.0105. The molecule has 1 amide bonds. The Morgan fingerprint density at radius 1 is 1.32 bits per heavy atom. The number of aromatic nitrogens is 2. The fourth-order valence-corrected chi connectivity index (χ4v) is 4.17. The molecular formula is C18H23N3O3S. The number of pyridine rings is 1. The van der Waals surface area contributed by atoms with Crippen LogP contribution in [0.1, 0.15) is 41.2 Å². The third-order valence-corrected chi connectivity index (χ3v) is 5.27. The molecule has 3 rings (SSSR count). The lowest BCUT2D eigenvalue weighted by Crippen LogP contribution is -2.48. The zero-order valence-corrected chi connectivity index (χ0v) is 15.8. The van der Waals surface area contributed by atoms with Gasteiger partial charge in [-0.1, -0.05) is 5.16 Å². The number of carbonyl (C=O) groups excluding carboxylic acids is 1. The first-order valence-electron chi connectivity index (χ1n) is 8.40. The van der Waals surface area contributed by atoms with E-state index in [1.165, 1.54) is 11.8 Å². The van der Waals surface area contributed by atoms with Crippen LogP contribution in [0.4, 0.5) is 0 Å². The second-order valence-corrected chi connectivity index (χ2v) is 7.38.